The first-order chi connectivity index (χ1) is 8.67. The first-order valence-electron chi connectivity index (χ1n) is 5.62. The van der Waals surface area contributed by atoms with Crippen LogP contribution in [-0.4, -0.2) is 10.5 Å². The summed E-state index contributed by atoms with van der Waals surface area (Å²) in [5.74, 6) is 1.70. The average Bonchev–Trinajstić information content (AvgIpc) is 2.76. The molecule has 0 aliphatic heterocycles. The molecule has 1 heterocycles. The van der Waals surface area contributed by atoms with Crippen LogP contribution in [0.2, 0.25) is 0 Å². The van der Waals surface area contributed by atoms with Gasteiger partial charge in [-0.2, -0.15) is 0 Å². The van der Waals surface area contributed by atoms with Crippen molar-refractivity contribution < 1.29 is 13.4 Å². The summed E-state index contributed by atoms with van der Waals surface area (Å²) in [6.45, 7) is 2.01. The number of hydrogen-bond acceptors (Lipinski definition) is 3. The fourth-order valence-electron chi connectivity index (χ4n) is 1.73. The van der Waals surface area contributed by atoms with Crippen LogP contribution in [0.1, 0.15) is 27.4 Å². The molecule has 0 saturated heterocycles. The van der Waals surface area contributed by atoms with Gasteiger partial charge in [-0.25, -0.2) is 0 Å². The Morgan fingerprint density at radius 1 is 1.22 bits per heavy atom. The molecular weight excluding hydrogens is 248 g/mol. The number of aldehydes is 1. The lowest BCUT2D eigenvalue weighted by atomic mass is 10.2. The molecule has 18 heavy (non-hydrogen) atoms. The largest absolute Gasteiger partial charge is 0.457 e. The Morgan fingerprint density at radius 2 is 2.06 bits per heavy atom. The van der Waals surface area contributed by atoms with Gasteiger partial charge >= 0.3 is 0 Å². The van der Waals surface area contributed by atoms with E-state index >= 15 is 0 Å². The molecule has 0 fully saturated rings. The van der Waals surface area contributed by atoms with Gasteiger partial charge in [-0.1, -0.05) is 29.8 Å². The highest BCUT2D eigenvalue weighted by Crippen LogP contribution is 2.12. The third-order valence-corrected chi connectivity index (χ3v) is 3.77. The summed E-state index contributed by atoms with van der Waals surface area (Å²) in [7, 11) is -1.03. The van der Waals surface area contributed by atoms with Crippen LogP contribution in [0, 0.1) is 6.92 Å². The number of furan rings is 1. The van der Waals surface area contributed by atoms with Gasteiger partial charge in [0.1, 0.15) is 5.76 Å². The Kier molecular flexibility index (Phi) is 4.10. The van der Waals surface area contributed by atoms with Crippen molar-refractivity contribution in [3.63, 3.8) is 0 Å². The third kappa shape index (κ3) is 3.40. The molecule has 0 bridgehead atoms. The van der Waals surface area contributed by atoms with Crippen molar-refractivity contribution in [3.05, 3.63) is 59.0 Å². The predicted molar refractivity (Wildman–Crippen MR) is 70.8 cm³/mol. The molecule has 0 aliphatic carbocycles. The summed E-state index contributed by atoms with van der Waals surface area (Å²) in [6.07, 6.45) is 0.646. The highest BCUT2D eigenvalue weighted by molar-refractivity contribution is 7.83. The monoisotopic (exact) mass is 262 g/mol. The van der Waals surface area contributed by atoms with E-state index in [4.69, 9.17) is 4.42 Å². The second-order valence-corrected chi connectivity index (χ2v) is 5.60. The maximum absolute atomic E-state index is 12.0. The van der Waals surface area contributed by atoms with E-state index in [2.05, 4.69) is 0 Å². The van der Waals surface area contributed by atoms with E-state index in [1.807, 2.05) is 31.2 Å². The third-order valence-electron chi connectivity index (χ3n) is 2.51. The van der Waals surface area contributed by atoms with Crippen LogP contribution in [0.25, 0.3) is 0 Å². The Bertz CT molecular complexity index is 572. The van der Waals surface area contributed by atoms with Crippen molar-refractivity contribution in [2.75, 3.05) is 0 Å². The van der Waals surface area contributed by atoms with Gasteiger partial charge in [-0.3, -0.25) is 9.00 Å². The molecule has 0 N–H and O–H groups in total. The van der Waals surface area contributed by atoms with E-state index in [9.17, 15) is 9.00 Å². The topological polar surface area (TPSA) is 47.3 Å². The zero-order valence-corrected chi connectivity index (χ0v) is 10.9. The van der Waals surface area contributed by atoms with Crippen molar-refractivity contribution in [1.82, 2.24) is 0 Å². The highest BCUT2D eigenvalue weighted by atomic mass is 32.2. The maximum Gasteiger partial charge on any atom is 0.185 e. The normalized spacial score (nSPS) is 12.3. The van der Waals surface area contributed by atoms with E-state index in [0.717, 1.165) is 11.1 Å². The zero-order valence-electron chi connectivity index (χ0n) is 10.1. The van der Waals surface area contributed by atoms with Crippen LogP contribution in [0.3, 0.4) is 0 Å². The summed E-state index contributed by atoms with van der Waals surface area (Å²) in [6, 6.07) is 11.2. The second kappa shape index (κ2) is 5.78. The zero-order chi connectivity index (χ0) is 13.0. The lowest BCUT2D eigenvalue weighted by Crippen LogP contribution is -1.98. The minimum Gasteiger partial charge on any atom is -0.457 e. The van der Waals surface area contributed by atoms with Gasteiger partial charge in [0.25, 0.3) is 0 Å². The molecule has 0 aliphatic rings. The molecule has 1 aromatic heterocycles. The molecular formula is C14H14O3S. The number of carbonyl (C=O) groups is 1. The minimum absolute atomic E-state index is 0.276. The molecule has 3 nitrogen and oxygen atoms in total. The summed E-state index contributed by atoms with van der Waals surface area (Å²) in [5.41, 5.74) is 2.21. The van der Waals surface area contributed by atoms with E-state index in [1.54, 1.807) is 12.1 Å². The summed E-state index contributed by atoms with van der Waals surface area (Å²) in [4.78, 5) is 10.5. The van der Waals surface area contributed by atoms with Gasteiger partial charge in [0, 0.05) is 16.6 Å². The molecule has 1 aromatic carbocycles. The first-order valence-corrected chi connectivity index (χ1v) is 7.10. The summed E-state index contributed by atoms with van der Waals surface area (Å²) < 4.78 is 17.2. The summed E-state index contributed by atoms with van der Waals surface area (Å²) >= 11 is 0. The molecule has 1 unspecified atom stereocenters. The lowest BCUT2D eigenvalue weighted by Gasteiger charge is -2.02. The Balaban J connectivity index is 1.98. The first kappa shape index (κ1) is 12.8. The van der Waals surface area contributed by atoms with Crippen molar-refractivity contribution in [1.29, 1.82) is 0 Å². The molecule has 94 valence electrons. The van der Waals surface area contributed by atoms with Gasteiger partial charge in [-0.15, -0.1) is 0 Å². The fraction of sp³-hybridized carbons (Fsp3) is 0.214. The van der Waals surface area contributed by atoms with Crippen LogP contribution in [0.15, 0.2) is 40.8 Å². The van der Waals surface area contributed by atoms with Gasteiger partial charge in [0.2, 0.25) is 0 Å². The molecule has 2 aromatic rings. The van der Waals surface area contributed by atoms with E-state index < -0.39 is 10.8 Å². The van der Waals surface area contributed by atoms with E-state index in [1.165, 1.54) is 0 Å². The molecule has 4 heteroatoms. The number of benzene rings is 1. The van der Waals surface area contributed by atoms with Crippen molar-refractivity contribution in [3.8, 4) is 0 Å². The quantitative estimate of drug-likeness (QED) is 0.778. The highest BCUT2D eigenvalue weighted by Gasteiger charge is 2.07. The Labute approximate surface area is 108 Å². The summed E-state index contributed by atoms with van der Waals surface area (Å²) in [5, 5.41) is 0. The van der Waals surface area contributed by atoms with Gasteiger partial charge in [0.05, 0.1) is 5.75 Å². The second-order valence-electron chi connectivity index (χ2n) is 4.14. The van der Waals surface area contributed by atoms with Crippen LogP contribution in [-0.2, 0) is 22.3 Å². The van der Waals surface area contributed by atoms with E-state index in [-0.39, 0.29) is 5.76 Å². The van der Waals surface area contributed by atoms with Gasteiger partial charge in [-0.05, 0) is 24.6 Å². The van der Waals surface area contributed by atoms with Gasteiger partial charge < -0.3 is 4.42 Å². The van der Waals surface area contributed by atoms with E-state index in [0.29, 0.717) is 23.6 Å². The molecule has 2 rings (SSSR count). The van der Waals surface area contributed by atoms with Crippen molar-refractivity contribution in [2.24, 2.45) is 0 Å². The smallest absolute Gasteiger partial charge is 0.185 e. The Morgan fingerprint density at radius 3 is 2.72 bits per heavy atom. The molecule has 0 radical (unpaired) electrons. The molecule has 1 atom stereocenters. The molecule has 0 amide bonds. The van der Waals surface area contributed by atoms with Crippen LogP contribution in [0.4, 0.5) is 0 Å². The SMILES string of the molecule is Cc1cccc(CS(=O)Cc2ccc(C=O)o2)c1. The van der Waals surface area contributed by atoms with Crippen molar-refractivity contribution in [2.45, 2.75) is 18.4 Å². The number of aryl methyl sites for hydroxylation is 1. The van der Waals surface area contributed by atoms with Crippen LogP contribution >= 0.6 is 0 Å². The van der Waals surface area contributed by atoms with Crippen LogP contribution in [0.5, 0.6) is 0 Å². The number of carbonyl (C=O) groups excluding carboxylic acids is 1. The standard InChI is InChI=1S/C14H14O3S/c1-11-3-2-4-12(7-11)9-18(16)10-14-6-5-13(8-15)17-14/h2-8H,9-10H2,1H3. The average molecular weight is 262 g/mol. The van der Waals surface area contributed by atoms with Crippen molar-refractivity contribution >= 4 is 17.1 Å². The lowest BCUT2D eigenvalue weighted by molar-refractivity contribution is 0.109. The number of hydrogen-bond donors (Lipinski definition) is 0. The van der Waals surface area contributed by atoms with Crippen LogP contribution < -0.4 is 0 Å². The predicted octanol–water partition coefficient (Wildman–Crippen LogP) is 2.85. The maximum atomic E-state index is 12.0. The van der Waals surface area contributed by atoms with Gasteiger partial charge in [0.15, 0.2) is 12.0 Å². The molecule has 0 spiro atoms. The fourth-order valence-corrected chi connectivity index (χ4v) is 2.86. The Hall–Kier alpha value is -1.68. The molecule has 0 saturated carbocycles. The number of rotatable bonds is 5. The minimum atomic E-state index is -1.03.